The van der Waals surface area contributed by atoms with Crippen LogP contribution < -0.4 is 10.0 Å². The van der Waals surface area contributed by atoms with Gasteiger partial charge in [-0.25, -0.2) is 18.1 Å². The molecule has 9 heteroatoms. The molecule has 3 aromatic rings. The lowest BCUT2D eigenvalue weighted by atomic mass is 10.2. The molecule has 0 aliphatic rings. The number of hydrogen-bond donors (Lipinski definition) is 2. The number of thiazole rings is 1. The minimum absolute atomic E-state index is 0.0971. The van der Waals surface area contributed by atoms with Crippen LogP contribution in [0, 0.1) is 13.8 Å². The SMILES string of the molecule is Cc1nc2ccc(S(=O)(=O)NCC(=O)Nc3ccc(C)c(Cl)c3)cc2s1. The van der Waals surface area contributed by atoms with Crippen LogP contribution in [0.15, 0.2) is 41.3 Å². The summed E-state index contributed by atoms with van der Waals surface area (Å²) >= 11 is 7.43. The fraction of sp³-hybridized carbons (Fsp3) is 0.176. The van der Waals surface area contributed by atoms with Crippen LogP contribution in [0.5, 0.6) is 0 Å². The second-order valence-electron chi connectivity index (χ2n) is 5.70. The van der Waals surface area contributed by atoms with E-state index in [9.17, 15) is 13.2 Å². The standard InChI is InChI=1S/C17H16ClN3O3S2/c1-10-3-4-12(7-14(10)18)21-17(22)9-19-26(23,24)13-5-6-15-16(8-13)25-11(2)20-15/h3-8,19H,9H2,1-2H3,(H,21,22). The summed E-state index contributed by atoms with van der Waals surface area (Å²) in [5, 5.41) is 3.99. The molecule has 0 saturated heterocycles. The van der Waals surface area contributed by atoms with E-state index in [0.29, 0.717) is 10.7 Å². The van der Waals surface area contributed by atoms with Crippen LogP contribution in [-0.2, 0) is 14.8 Å². The molecule has 0 aliphatic heterocycles. The second-order valence-corrected chi connectivity index (χ2v) is 9.11. The summed E-state index contributed by atoms with van der Waals surface area (Å²) < 4.78 is 27.9. The van der Waals surface area contributed by atoms with Crippen molar-refractivity contribution >= 4 is 54.8 Å². The van der Waals surface area contributed by atoms with Gasteiger partial charge in [-0.1, -0.05) is 17.7 Å². The highest BCUT2D eigenvalue weighted by molar-refractivity contribution is 7.89. The first-order chi connectivity index (χ1) is 12.2. The molecule has 136 valence electrons. The molecule has 2 aromatic carbocycles. The van der Waals surface area contributed by atoms with Crippen LogP contribution in [0.3, 0.4) is 0 Å². The molecule has 0 unspecified atom stereocenters. The Morgan fingerprint density at radius 3 is 2.69 bits per heavy atom. The quantitative estimate of drug-likeness (QED) is 0.675. The average molecular weight is 410 g/mol. The summed E-state index contributed by atoms with van der Waals surface area (Å²) in [6.07, 6.45) is 0. The number of nitrogens with one attached hydrogen (secondary N) is 2. The van der Waals surface area contributed by atoms with Gasteiger partial charge in [0.1, 0.15) is 0 Å². The molecule has 0 fully saturated rings. The van der Waals surface area contributed by atoms with Gasteiger partial charge in [0.2, 0.25) is 15.9 Å². The molecule has 0 aliphatic carbocycles. The summed E-state index contributed by atoms with van der Waals surface area (Å²) in [7, 11) is -3.80. The van der Waals surface area contributed by atoms with Crippen molar-refractivity contribution in [3.63, 3.8) is 0 Å². The Kier molecular flexibility index (Phi) is 5.29. The topological polar surface area (TPSA) is 88.2 Å². The third kappa shape index (κ3) is 4.21. The van der Waals surface area contributed by atoms with Gasteiger partial charge in [-0.3, -0.25) is 4.79 Å². The highest BCUT2D eigenvalue weighted by Gasteiger charge is 2.17. The Morgan fingerprint density at radius 1 is 1.19 bits per heavy atom. The fourth-order valence-electron chi connectivity index (χ4n) is 2.31. The summed E-state index contributed by atoms with van der Waals surface area (Å²) in [6, 6.07) is 9.77. The first kappa shape index (κ1) is 18.8. The van der Waals surface area contributed by atoms with Crippen molar-refractivity contribution in [2.75, 3.05) is 11.9 Å². The van der Waals surface area contributed by atoms with Gasteiger partial charge in [-0.2, -0.15) is 0 Å². The zero-order valence-corrected chi connectivity index (χ0v) is 16.4. The van der Waals surface area contributed by atoms with Crippen LogP contribution in [0.2, 0.25) is 5.02 Å². The smallest absolute Gasteiger partial charge is 0.241 e. The lowest BCUT2D eigenvalue weighted by Crippen LogP contribution is -2.32. The number of aryl methyl sites for hydroxylation is 2. The maximum atomic E-state index is 12.4. The lowest BCUT2D eigenvalue weighted by Gasteiger charge is -2.09. The molecule has 0 atom stereocenters. The van der Waals surface area contributed by atoms with E-state index >= 15 is 0 Å². The molecule has 1 aromatic heterocycles. The van der Waals surface area contributed by atoms with Gasteiger partial charge in [-0.15, -0.1) is 11.3 Å². The van der Waals surface area contributed by atoms with Crippen molar-refractivity contribution in [2.24, 2.45) is 0 Å². The number of anilines is 1. The molecule has 1 heterocycles. The zero-order valence-electron chi connectivity index (χ0n) is 14.0. The molecule has 1 amide bonds. The maximum Gasteiger partial charge on any atom is 0.241 e. The monoisotopic (exact) mass is 409 g/mol. The van der Waals surface area contributed by atoms with Crippen LogP contribution in [0.4, 0.5) is 5.69 Å². The van der Waals surface area contributed by atoms with Crippen molar-refractivity contribution in [3.05, 3.63) is 52.0 Å². The second kappa shape index (κ2) is 7.32. The van der Waals surface area contributed by atoms with Crippen molar-refractivity contribution in [3.8, 4) is 0 Å². The number of hydrogen-bond acceptors (Lipinski definition) is 5. The van der Waals surface area contributed by atoms with E-state index in [2.05, 4.69) is 15.0 Å². The lowest BCUT2D eigenvalue weighted by molar-refractivity contribution is -0.115. The fourth-order valence-corrected chi connectivity index (χ4v) is 4.44. The van der Waals surface area contributed by atoms with Gasteiger partial charge in [0.15, 0.2) is 0 Å². The largest absolute Gasteiger partial charge is 0.325 e. The number of sulfonamides is 1. The Morgan fingerprint density at radius 2 is 1.96 bits per heavy atom. The molecule has 2 N–H and O–H groups in total. The van der Waals surface area contributed by atoms with E-state index in [-0.39, 0.29) is 11.4 Å². The van der Waals surface area contributed by atoms with E-state index in [1.807, 2.05) is 13.8 Å². The molecule has 26 heavy (non-hydrogen) atoms. The third-order valence-corrected chi connectivity index (χ3v) is 6.40. The van der Waals surface area contributed by atoms with Crippen molar-refractivity contribution < 1.29 is 13.2 Å². The van der Waals surface area contributed by atoms with Gasteiger partial charge in [0.05, 0.1) is 26.7 Å². The molecule has 6 nitrogen and oxygen atoms in total. The minimum Gasteiger partial charge on any atom is -0.325 e. The van der Waals surface area contributed by atoms with Crippen molar-refractivity contribution in [2.45, 2.75) is 18.7 Å². The first-order valence-corrected chi connectivity index (χ1v) is 10.4. The summed E-state index contributed by atoms with van der Waals surface area (Å²) in [5.74, 6) is -0.483. The van der Waals surface area contributed by atoms with E-state index in [4.69, 9.17) is 11.6 Å². The molecule has 0 bridgehead atoms. The number of fused-ring (bicyclic) bond motifs is 1. The Balaban J connectivity index is 1.68. The van der Waals surface area contributed by atoms with E-state index < -0.39 is 15.9 Å². The molecule has 0 saturated carbocycles. The summed E-state index contributed by atoms with van der Waals surface area (Å²) in [5.41, 5.74) is 2.14. The summed E-state index contributed by atoms with van der Waals surface area (Å²) in [6.45, 7) is 3.33. The number of halogens is 1. The van der Waals surface area contributed by atoms with E-state index in [1.54, 1.807) is 30.3 Å². The third-order valence-electron chi connectivity index (χ3n) is 3.66. The number of amides is 1. The number of carbonyl (C=O) groups excluding carboxylic acids is 1. The maximum absolute atomic E-state index is 12.4. The molecular weight excluding hydrogens is 394 g/mol. The Hall–Kier alpha value is -2.00. The Bertz CT molecular complexity index is 1090. The number of nitrogens with zero attached hydrogens (tertiary/aromatic N) is 1. The molecule has 3 rings (SSSR count). The zero-order chi connectivity index (χ0) is 18.9. The number of aromatic nitrogens is 1. The minimum atomic E-state index is -3.80. The number of benzene rings is 2. The first-order valence-electron chi connectivity index (χ1n) is 7.67. The van der Waals surface area contributed by atoms with Crippen LogP contribution in [0.25, 0.3) is 10.2 Å². The average Bonchev–Trinajstić information content (AvgIpc) is 2.95. The van der Waals surface area contributed by atoms with E-state index in [0.717, 1.165) is 20.8 Å². The van der Waals surface area contributed by atoms with Crippen LogP contribution in [0.1, 0.15) is 10.6 Å². The van der Waals surface area contributed by atoms with Gasteiger partial charge in [0, 0.05) is 10.7 Å². The number of carbonyl (C=O) groups is 1. The number of rotatable bonds is 5. The van der Waals surface area contributed by atoms with E-state index in [1.165, 1.54) is 17.4 Å². The van der Waals surface area contributed by atoms with Crippen LogP contribution >= 0.6 is 22.9 Å². The highest BCUT2D eigenvalue weighted by Crippen LogP contribution is 2.24. The van der Waals surface area contributed by atoms with Gasteiger partial charge in [0.25, 0.3) is 0 Å². The highest BCUT2D eigenvalue weighted by atomic mass is 35.5. The van der Waals surface area contributed by atoms with Gasteiger partial charge < -0.3 is 5.32 Å². The molecule has 0 radical (unpaired) electrons. The predicted octanol–water partition coefficient (Wildman–Crippen LogP) is 3.48. The van der Waals surface area contributed by atoms with Gasteiger partial charge in [-0.05, 0) is 49.7 Å². The Labute approximate surface area is 160 Å². The van der Waals surface area contributed by atoms with Gasteiger partial charge >= 0.3 is 0 Å². The predicted molar refractivity (Wildman–Crippen MR) is 104 cm³/mol. The van der Waals surface area contributed by atoms with Crippen molar-refractivity contribution in [1.29, 1.82) is 0 Å². The van der Waals surface area contributed by atoms with Crippen LogP contribution in [-0.4, -0.2) is 25.9 Å². The normalized spacial score (nSPS) is 11.7. The molecular formula is C17H16ClN3O3S2. The summed E-state index contributed by atoms with van der Waals surface area (Å²) in [4.78, 5) is 16.4. The van der Waals surface area contributed by atoms with Crippen molar-refractivity contribution in [1.82, 2.24) is 9.71 Å². The molecule has 0 spiro atoms.